The number of benzene rings is 1. The minimum atomic E-state index is 0.806. The molecule has 3 rings (SSSR count). The number of nitrogens with zero attached hydrogens (tertiary/aromatic N) is 2. The lowest BCUT2D eigenvalue weighted by Gasteiger charge is -2.23. The third-order valence-corrected chi connectivity index (χ3v) is 4.92. The number of likely N-dealkylation sites (N-methyl/N-ethyl adjacent to an activating group) is 1. The van der Waals surface area contributed by atoms with Gasteiger partial charge in [-0.2, -0.15) is 4.37 Å². The Morgan fingerprint density at radius 3 is 2.95 bits per heavy atom. The predicted octanol–water partition coefficient (Wildman–Crippen LogP) is 3.58. The SMILES string of the molecule is CN(CCNc1snc2ccccc12)C1CCCC1. The van der Waals surface area contributed by atoms with Gasteiger partial charge in [-0.15, -0.1) is 0 Å². The Morgan fingerprint density at radius 1 is 1.32 bits per heavy atom. The summed E-state index contributed by atoms with van der Waals surface area (Å²) in [4.78, 5) is 2.50. The molecular formula is C15H21N3S. The average molecular weight is 275 g/mol. The van der Waals surface area contributed by atoms with Crippen molar-refractivity contribution >= 4 is 27.4 Å². The second-order valence-electron chi connectivity index (χ2n) is 5.37. The molecule has 0 amide bonds. The maximum Gasteiger partial charge on any atom is 0.117 e. The standard InChI is InChI=1S/C15H21N3S/c1-18(12-6-2-3-7-12)11-10-16-15-13-8-4-5-9-14(13)17-19-15/h4-5,8-9,12,16H,2-3,6-7,10-11H2,1H3. The Bertz CT molecular complexity index is 531. The number of rotatable bonds is 5. The summed E-state index contributed by atoms with van der Waals surface area (Å²) in [6.45, 7) is 2.11. The zero-order chi connectivity index (χ0) is 13.1. The summed E-state index contributed by atoms with van der Waals surface area (Å²) in [5, 5.41) is 5.99. The second-order valence-corrected chi connectivity index (χ2v) is 6.15. The summed E-state index contributed by atoms with van der Waals surface area (Å²) in [6.07, 6.45) is 5.56. The zero-order valence-corrected chi connectivity index (χ0v) is 12.2. The van der Waals surface area contributed by atoms with E-state index in [1.54, 1.807) is 11.5 Å². The van der Waals surface area contributed by atoms with Crippen LogP contribution in [0.4, 0.5) is 5.00 Å². The minimum absolute atomic E-state index is 0.806. The zero-order valence-electron chi connectivity index (χ0n) is 11.4. The summed E-state index contributed by atoms with van der Waals surface area (Å²) in [7, 11) is 2.25. The molecule has 1 saturated carbocycles. The molecule has 0 aliphatic heterocycles. The van der Waals surface area contributed by atoms with E-state index < -0.39 is 0 Å². The molecule has 1 fully saturated rings. The molecule has 0 saturated heterocycles. The molecule has 0 unspecified atom stereocenters. The fourth-order valence-electron chi connectivity index (χ4n) is 2.89. The molecule has 0 radical (unpaired) electrons. The summed E-state index contributed by atoms with van der Waals surface area (Å²) in [6, 6.07) is 9.13. The number of hydrogen-bond donors (Lipinski definition) is 1. The van der Waals surface area contributed by atoms with Gasteiger partial charge in [0.05, 0.1) is 5.52 Å². The first-order valence-corrected chi connectivity index (χ1v) is 7.90. The molecule has 4 heteroatoms. The van der Waals surface area contributed by atoms with Gasteiger partial charge in [0, 0.05) is 24.5 Å². The average Bonchev–Trinajstić information content (AvgIpc) is 3.08. The Morgan fingerprint density at radius 2 is 2.11 bits per heavy atom. The number of anilines is 1. The molecule has 1 aliphatic rings. The van der Waals surface area contributed by atoms with E-state index in [4.69, 9.17) is 0 Å². The van der Waals surface area contributed by atoms with E-state index in [0.717, 1.165) is 24.6 Å². The predicted molar refractivity (Wildman–Crippen MR) is 83.0 cm³/mol. The summed E-state index contributed by atoms with van der Waals surface area (Å²) >= 11 is 1.57. The van der Waals surface area contributed by atoms with Crippen molar-refractivity contribution in [3.05, 3.63) is 24.3 Å². The molecule has 1 aliphatic carbocycles. The van der Waals surface area contributed by atoms with Gasteiger partial charge in [0.15, 0.2) is 0 Å². The maximum atomic E-state index is 4.46. The molecule has 2 aromatic rings. The molecule has 1 heterocycles. The topological polar surface area (TPSA) is 28.2 Å². The number of aromatic nitrogens is 1. The van der Waals surface area contributed by atoms with E-state index in [0.29, 0.717) is 0 Å². The Labute approximate surface area is 118 Å². The third kappa shape index (κ3) is 2.90. The Kier molecular flexibility index (Phi) is 3.99. The van der Waals surface area contributed by atoms with Gasteiger partial charge in [-0.25, -0.2) is 0 Å². The van der Waals surface area contributed by atoms with Crippen molar-refractivity contribution in [2.24, 2.45) is 0 Å². The van der Waals surface area contributed by atoms with Gasteiger partial charge in [0.2, 0.25) is 0 Å². The van der Waals surface area contributed by atoms with E-state index in [-0.39, 0.29) is 0 Å². The molecule has 1 aromatic carbocycles. The first-order chi connectivity index (χ1) is 9.34. The lowest BCUT2D eigenvalue weighted by Crippen LogP contribution is -2.33. The van der Waals surface area contributed by atoms with Gasteiger partial charge in [0.1, 0.15) is 5.00 Å². The molecule has 3 nitrogen and oxygen atoms in total. The van der Waals surface area contributed by atoms with Gasteiger partial charge < -0.3 is 10.2 Å². The first kappa shape index (κ1) is 12.9. The highest BCUT2D eigenvalue weighted by molar-refractivity contribution is 7.11. The number of hydrogen-bond acceptors (Lipinski definition) is 4. The van der Waals surface area contributed by atoms with Crippen LogP contribution in [0.2, 0.25) is 0 Å². The van der Waals surface area contributed by atoms with Crippen LogP contribution in [0.5, 0.6) is 0 Å². The highest BCUT2D eigenvalue weighted by Gasteiger charge is 2.18. The van der Waals surface area contributed by atoms with E-state index >= 15 is 0 Å². The molecular weight excluding hydrogens is 254 g/mol. The molecule has 102 valence electrons. The molecule has 1 aromatic heterocycles. The molecule has 0 spiro atoms. The van der Waals surface area contributed by atoms with Crippen molar-refractivity contribution < 1.29 is 0 Å². The van der Waals surface area contributed by atoms with Crippen molar-refractivity contribution in [2.45, 2.75) is 31.7 Å². The quantitative estimate of drug-likeness (QED) is 0.904. The van der Waals surface area contributed by atoms with Crippen LogP contribution in [0.1, 0.15) is 25.7 Å². The van der Waals surface area contributed by atoms with Gasteiger partial charge in [-0.1, -0.05) is 25.0 Å². The Balaban J connectivity index is 1.54. The highest BCUT2D eigenvalue weighted by Crippen LogP contribution is 2.27. The lowest BCUT2D eigenvalue weighted by molar-refractivity contribution is 0.255. The maximum absolute atomic E-state index is 4.46. The van der Waals surface area contributed by atoms with Crippen LogP contribution in [0, 0.1) is 0 Å². The fourth-order valence-corrected chi connectivity index (χ4v) is 3.68. The van der Waals surface area contributed by atoms with Crippen LogP contribution >= 0.6 is 11.5 Å². The second kappa shape index (κ2) is 5.88. The van der Waals surface area contributed by atoms with Crippen molar-refractivity contribution in [3.8, 4) is 0 Å². The van der Waals surface area contributed by atoms with Gasteiger partial charge in [-0.05, 0) is 43.6 Å². The van der Waals surface area contributed by atoms with Crippen LogP contribution in [0.25, 0.3) is 10.9 Å². The number of fused-ring (bicyclic) bond motifs is 1. The van der Waals surface area contributed by atoms with Crippen molar-refractivity contribution in [1.29, 1.82) is 0 Å². The van der Waals surface area contributed by atoms with Crippen molar-refractivity contribution in [2.75, 3.05) is 25.5 Å². The molecule has 1 N–H and O–H groups in total. The smallest absolute Gasteiger partial charge is 0.117 e. The summed E-state index contributed by atoms with van der Waals surface area (Å²) in [5.74, 6) is 0. The summed E-state index contributed by atoms with van der Waals surface area (Å²) in [5.41, 5.74) is 1.10. The number of nitrogens with one attached hydrogen (secondary N) is 1. The van der Waals surface area contributed by atoms with Gasteiger partial charge in [0.25, 0.3) is 0 Å². The fraction of sp³-hybridized carbons (Fsp3) is 0.533. The minimum Gasteiger partial charge on any atom is -0.374 e. The Hall–Kier alpha value is -1.13. The van der Waals surface area contributed by atoms with E-state index in [2.05, 4.69) is 39.8 Å². The third-order valence-electron chi connectivity index (χ3n) is 4.08. The lowest BCUT2D eigenvalue weighted by atomic mass is 10.2. The van der Waals surface area contributed by atoms with E-state index in [1.165, 1.54) is 36.1 Å². The van der Waals surface area contributed by atoms with Crippen LogP contribution in [0.3, 0.4) is 0 Å². The van der Waals surface area contributed by atoms with E-state index in [9.17, 15) is 0 Å². The summed E-state index contributed by atoms with van der Waals surface area (Å²) < 4.78 is 4.46. The van der Waals surface area contributed by atoms with Crippen molar-refractivity contribution in [1.82, 2.24) is 9.27 Å². The van der Waals surface area contributed by atoms with Crippen LogP contribution < -0.4 is 5.32 Å². The normalized spacial score (nSPS) is 16.5. The van der Waals surface area contributed by atoms with Crippen LogP contribution in [0.15, 0.2) is 24.3 Å². The van der Waals surface area contributed by atoms with Crippen LogP contribution in [-0.4, -0.2) is 35.5 Å². The van der Waals surface area contributed by atoms with Gasteiger partial charge in [-0.3, -0.25) is 0 Å². The molecule has 0 atom stereocenters. The van der Waals surface area contributed by atoms with E-state index in [1.807, 2.05) is 6.07 Å². The van der Waals surface area contributed by atoms with Crippen LogP contribution in [-0.2, 0) is 0 Å². The van der Waals surface area contributed by atoms with Gasteiger partial charge >= 0.3 is 0 Å². The highest BCUT2D eigenvalue weighted by atomic mass is 32.1. The molecule has 19 heavy (non-hydrogen) atoms. The largest absolute Gasteiger partial charge is 0.374 e. The monoisotopic (exact) mass is 275 g/mol. The van der Waals surface area contributed by atoms with Crippen molar-refractivity contribution in [3.63, 3.8) is 0 Å². The molecule has 0 bridgehead atoms. The first-order valence-electron chi connectivity index (χ1n) is 7.13.